The van der Waals surface area contributed by atoms with Gasteiger partial charge >= 0.3 is 0 Å². The minimum absolute atomic E-state index is 0.175. The Hall–Kier alpha value is -1.53. The number of aromatic nitrogens is 1. The molecule has 1 atom stereocenters. The summed E-state index contributed by atoms with van der Waals surface area (Å²) >= 11 is 0. The lowest BCUT2D eigenvalue weighted by atomic mass is 10.1. The molecule has 1 unspecified atom stereocenters. The van der Waals surface area contributed by atoms with Gasteiger partial charge in [-0.3, -0.25) is 4.79 Å². The highest BCUT2D eigenvalue weighted by Gasteiger charge is 2.11. The minimum atomic E-state index is -1.28. The Morgan fingerprint density at radius 3 is 3.08 bits per heavy atom. The summed E-state index contributed by atoms with van der Waals surface area (Å²) in [7, 11) is 0. The molecule has 12 heavy (non-hydrogen) atoms. The van der Waals surface area contributed by atoms with E-state index in [-0.39, 0.29) is 12.2 Å². The summed E-state index contributed by atoms with van der Waals surface area (Å²) in [6.45, 7) is 0. The van der Waals surface area contributed by atoms with Gasteiger partial charge in [0, 0.05) is 18.8 Å². The summed E-state index contributed by atoms with van der Waals surface area (Å²) in [5.41, 5.74) is 0.828. The number of aliphatic hydroxyl groups is 1. The van der Waals surface area contributed by atoms with Crippen molar-refractivity contribution in [3.63, 3.8) is 0 Å². The number of nitrogens with one attached hydrogen (secondary N) is 1. The van der Waals surface area contributed by atoms with Gasteiger partial charge in [-0.1, -0.05) is 5.92 Å². The number of carbonyl (C=O) groups excluding carboxylic acids is 1. The number of terminal acetylenes is 1. The highest BCUT2D eigenvalue weighted by Crippen LogP contribution is 2.00. The van der Waals surface area contributed by atoms with E-state index in [0.717, 1.165) is 5.56 Å². The molecule has 0 saturated heterocycles. The zero-order chi connectivity index (χ0) is 8.97. The molecular weight excluding hydrogens is 154 g/mol. The Kier molecular flexibility index (Phi) is 2.67. The van der Waals surface area contributed by atoms with E-state index in [9.17, 15) is 4.79 Å². The number of ketones is 1. The minimum Gasteiger partial charge on any atom is -0.373 e. The molecule has 1 aromatic heterocycles. The molecule has 2 N–H and O–H groups in total. The number of aromatic amines is 1. The van der Waals surface area contributed by atoms with Crippen molar-refractivity contribution in [1.82, 2.24) is 4.98 Å². The third kappa shape index (κ3) is 1.97. The second-order valence-corrected chi connectivity index (χ2v) is 2.43. The summed E-state index contributed by atoms with van der Waals surface area (Å²) in [5, 5.41) is 8.93. The first-order chi connectivity index (χ1) is 5.74. The van der Waals surface area contributed by atoms with Gasteiger partial charge < -0.3 is 10.1 Å². The normalized spacial score (nSPS) is 12.0. The maximum absolute atomic E-state index is 11.0. The third-order valence-corrected chi connectivity index (χ3v) is 1.50. The quantitative estimate of drug-likeness (QED) is 0.622. The number of aliphatic hydroxyl groups excluding tert-OH is 1. The predicted molar refractivity (Wildman–Crippen MR) is 44.3 cm³/mol. The summed E-state index contributed by atoms with van der Waals surface area (Å²) in [6.07, 6.45) is 7.18. The standard InChI is InChI=1S/C9H9NO2/c1-2-8(11)9(12)5-7-3-4-10-6-7/h1,3-4,6,8,10-11H,5H2. The molecule has 0 bridgehead atoms. The molecule has 3 nitrogen and oxygen atoms in total. The van der Waals surface area contributed by atoms with Gasteiger partial charge in [0.2, 0.25) is 0 Å². The highest BCUT2D eigenvalue weighted by atomic mass is 16.3. The molecule has 0 fully saturated rings. The number of Topliss-reactive ketones (excluding diaryl/α,β-unsaturated/α-hetero) is 1. The van der Waals surface area contributed by atoms with E-state index in [2.05, 4.69) is 4.98 Å². The lowest BCUT2D eigenvalue weighted by Crippen LogP contribution is -2.19. The molecule has 3 heteroatoms. The van der Waals surface area contributed by atoms with Crippen molar-refractivity contribution >= 4 is 5.78 Å². The van der Waals surface area contributed by atoms with Crippen molar-refractivity contribution in [3.8, 4) is 12.3 Å². The molecule has 0 aliphatic heterocycles. The second kappa shape index (κ2) is 3.74. The monoisotopic (exact) mass is 163 g/mol. The molecule has 1 rings (SSSR count). The molecule has 0 saturated carbocycles. The number of hydrogen-bond acceptors (Lipinski definition) is 2. The first-order valence-electron chi connectivity index (χ1n) is 3.52. The van der Waals surface area contributed by atoms with Gasteiger partial charge in [0.25, 0.3) is 0 Å². The predicted octanol–water partition coefficient (Wildman–Crippen LogP) is 0.120. The van der Waals surface area contributed by atoms with Crippen LogP contribution in [0.5, 0.6) is 0 Å². The molecule has 0 radical (unpaired) electrons. The van der Waals surface area contributed by atoms with Crippen LogP contribution in [0.1, 0.15) is 5.56 Å². The molecule has 0 aromatic carbocycles. The Bertz CT molecular complexity index is 295. The molecule has 0 aliphatic carbocycles. The van der Waals surface area contributed by atoms with E-state index in [1.165, 1.54) is 0 Å². The summed E-state index contributed by atoms with van der Waals surface area (Å²) in [6, 6.07) is 1.77. The second-order valence-electron chi connectivity index (χ2n) is 2.43. The smallest absolute Gasteiger partial charge is 0.178 e. The number of H-pyrrole nitrogens is 1. The molecule has 1 heterocycles. The Morgan fingerprint density at radius 1 is 1.83 bits per heavy atom. The summed E-state index contributed by atoms with van der Waals surface area (Å²) < 4.78 is 0. The largest absolute Gasteiger partial charge is 0.373 e. The van der Waals surface area contributed by atoms with Crippen LogP contribution in [0.25, 0.3) is 0 Å². The van der Waals surface area contributed by atoms with E-state index in [1.807, 2.05) is 5.92 Å². The maximum Gasteiger partial charge on any atom is 0.178 e. The lowest BCUT2D eigenvalue weighted by molar-refractivity contribution is -0.123. The topological polar surface area (TPSA) is 53.1 Å². The van der Waals surface area contributed by atoms with Crippen molar-refractivity contribution in [3.05, 3.63) is 24.0 Å². The number of carbonyl (C=O) groups is 1. The number of rotatable bonds is 3. The molecule has 62 valence electrons. The first-order valence-corrected chi connectivity index (χ1v) is 3.52. The first kappa shape index (κ1) is 8.57. The van der Waals surface area contributed by atoms with Crippen molar-refractivity contribution < 1.29 is 9.90 Å². The van der Waals surface area contributed by atoms with Crippen LogP contribution in [-0.4, -0.2) is 22.0 Å². The van der Waals surface area contributed by atoms with Crippen LogP contribution in [0.2, 0.25) is 0 Å². The van der Waals surface area contributed by atoms with Crippen LogP contribution in [0.3, 0.4) is 0 Å². The molecule has 0 amide bonds. The summed E-state index contributed by atoms with van der Waals surface area (Å²) in [4.78, 5) is 13.8. The highest BCUT2D eigenvalue weighted by molar-refractivity contribution is 5.87. The van der Waals surface area contributed by atoms with Crippen LogP contribution in [0.4, 0.5) is 0 Å². The Morgan fingerprint density at radius 2 is 2.58 bits per heavy atom. The van der Waals surface area contributed by atoms with Crippen LogP contribution >= 0.6 is 0 Å². The van der Waals surface area contributed by atoms with Gasteiger partial charge in [-0.25, -0.2) is 0 Å². The van der Waals surface area contributed by atoms with Gasteiger partial charge in [-0.05, 0) is 11.6 Å². The zero-order valence-electron chi connectivity index (χ0n) is 6.45. The average molecular weight is 163 g/mol. The van der Waals surface area contributed by atoms with Crippen molar-refractivity contribution in [2.45, 2.75) is 12.5 Å². The van der Waals surface area contributed by atoms with E-state index >= 15 is 0 Å². The van der Waals surface area contributed by atoms with Gasteiger partial charge in [0.1, 0.15) is 0 Å². The van der Waals surface area contributed by atoms with Crippen LogP contribution in [0.15, 0.2) is 18.5 Å². The van der Waals surface area contributed by atoms with Crippen LogP contribution < -0.4 is 0 Å². The number of hydrogen-bond donors (Lipinski definition) is 2. The van der Waals surface area contributed by atoms with Gasteiger partial charge in [-0.2, -0.15) is 0 Å². The van der Waals surface area contributed by atoms with Gasteiger partial charge in [0.05, 0.1) is 0 Å². The Balaban J connectivity index is 2.54. The third-order valence-electron chi connectivity index (χ3n) is 1.50. The summed E-state index contributed by atoms with van der Waals surface area (Å²) in [5.74, 6) is 1.62. The average Bonchev–Trinajstić information content (AvgIpc) is 2.55. The fourth-order valence-corrected chi connectivity index (χ4v) is 0.859. The van der Waals surface area contributed by atoms with Crippen LogP contribution in [-0.2, 0) is 11.2 Å². The zero-order valence-corrected chi connectivity index (χ0v) is 6.45. The van der Waals surface area contributed by atoms with E-state index in [4.69, 9.17) is 11.5 Å². The van der Waals surface area contributed by atoms with Gasteiger partial charge in [-0.15, -0.1) is 6.42 Å². The molecular formula is C9H9NO2. The van der Waals surface area contributed by atoms with E-state index in [1.54, 1.807) is 18.5 Å². The molecule has 0 spiro atoms. The fourth-order valence-electron chi connectivity index (χ4n) is 0.859. The van der Waals surface area contributed by atoms with E-state index < -0.39 is 6.10 Å². The van der Waals surface area contributed by atoms with Crippen molar-refractivity contribution in [2.75, 3.05) is 0 Å². The fraction of sp³-hybridized carbons (Fsp3) is 0.222. The lowest BCUT2D eigenvalue weighted by Gasteiger charge is -1.99. The van der Waals surface area contributed by atoms with Crippen molar-refractivity contribution in [2.24, 2.45) is 0 Å². The van der Waals surface area contributed by atoms with Crippen molar-refractivity contribution in [1.29, 1.82) is 0 Å². The van der Waals surface area contributed by atoms with Crippen LogP contribution in [0, 0.1) is 12.3 Å². The SMILES string of the molecule is C#CC(O)C(=O)Cc1cc[nH]c1. The van der Waals surface area contributed by atoms with E-state index in [0.29, 0.717) is 0 Å². The maximum atomic E-state index is 11.0. The molecule has 0 aliphatic rings. The van der Waals surface area contributed by atoms with Gasteiger partial charge in [0.15, 0.2) is 11.9 Å². The Labute approximate surface area is 70.4 Å². The molecule has 1 aromatic rings.